The van der Waals surface area contributed by atoms with Crippen LogP contribution in [0.5, 0.6) is 0 Å². The number of sulfonamides is 1. The van der Waals surface area contributed by atoms with Gasteiger partial charge in [0.05, 0.1) is 17.0 Å². The summed E-state index contributed by atoms with van der Waals surface area (Å²) in [7, 11) is -2.47. The van der Waals surface area contributed by atoms with E-state index in [0.29, 0.717) is 0 Å². The van der Waals surface area contributed by atoms with Crippen LogP contribution in [0.1, 0.15) is 25.5 Å². The lowest BCUT2D eigenvalue weighted by molar-refractivity contribution is -0.133. The standard InChI is InChI=1S/C18H20F2N2O3S/c1-12(21-26(24,25)15-7-5-4-6-8-15)18(23)22(3)13(2)16-11-14(19)9-10-17(16)20/h4-13,21H,1-3H3/t12-,13?/m0/s1. The van der Waals surface area contributed by atoms with Gasteiger partial charge in [0.1, 0.15) is 11.6 Å². The van der Waals surface area contributed by atoms with E-state index in [4.69, 9.17) is 0 Å². The van der Waals surface area contributed by atoms with Crippen molar-refractivity contribution in [1.82, 2.24) is 9.62 Å². The van der Waals surface area contributed by atoms with Gasteiger partial charge in [-0.15, -0.1) is 0 Å². The van der Waals surface area contributed by atoms with Crippen molar-refractivity contribution in [2.24, 2.45) is 0 Å². The van der Waals surface area contributed by atoms with Gasteiger partial charge in [0, 0.05) is 12.6 Å². The van der Waals surface area contributed by atoms with Gasteiger partial charge in [-0.3, -0.25) is 4.79 Å². The second-order valence-electron chi connectivity index (χ2n) is 5.95. The topological polar surface area (TPSA) is 66.5 Å². The zero-order chi connectivity index (χ0) is 19.5. The Morgan fingerprint density at radius 1 is 1.08 bits per heavy atom. The molecule has 5 nitrogen and oxygen atoms in total. The van der Waals surface area contributed by atoms with Crippen LogP contribution in [0.25, 0.3) is 0 Å². The molecule has 0 saturated carbocycles. The van der Waals surface area contributed by atoms with Crippen molar-refractivity contribution in [1.29, 1.82) is 0 Å². The molecule has 0 aliphatic rings. The lowest BCUT2D eigenvalue weighted by atomic mass is 10.1. The molecule has 0 aliphatic carbocycles. The summed E-state index contributed by atoms with van der Waals surface area (Å²) in [6.07, 6.45) is 0. The number of halogens is 2. The zero-order valence-electron chi connectivity index (χ0n) is 14.6. The van der Waals surface area contributed by atoms with E-state index in [-0.39, 0.29) is 10.5 Å². The molecule has 0 radical (unpaired) electrons. The number of likely N-dealkylation sites (N-methyl/N-ethyl adjacent to an activating group) is 1. The molecular formula is C18H20F2N2O3S. The van der Waals surface area contributed by atoms with Gasteiger partial charge in [-0.2, -0.15) is 4.72 Å². The summed E-state index contributed by atoms with van der Waals surface area (Å²) >= 11 is 0. The summed E-state index contributed by atoms with van der Waals surface area (Å²) in [6.45, 7) is 2.93. The molecule has 1 unspecified atom stereocenters. The summed E-state index contributed by atoms with van der Waals surface area (Å²) in [5.41, 5.74) is 0.0129. The first kappa shape index (κ1) is 20.0. The van der Waals surface area contributed by atoms with E-state index in [1.54, 1.807) is 18.2 Å². The number of nitrogens with one attached hydrogen (secondary N) is 1. The van der Waals surface area contributed by atoms with Crippen LogP contribution in [0.2, 0.25) is 0 Å². The van der Waals surface area contributed by atoms with E-state index in [2.05, 4.69) is 4.72 Å². The Morgan fingerprint density at radius 3 is 2.31 bits per heavy atom. The number of hydrogen-bond acceptors (Lipinski definition) is 3. The molecule has 8 heteroatoms. The SMILES string of the molecule is CC(c1cc(F)ccc1F)N(C)C(=O)[C@H](C)NS(=O)(=O)c1ccccc1. The van der Waals surface area contributed by atoms with E-state index in [1.165, 1.54) is 37.9 Å². The molecule has 0 fully saturated rings. The number of nitrogens with zero attached hydrogens (tertiary/aromatic N) is 1. The fourth-order valence-electron chi connectivity index (χ4n) is 2.49. The molecular weight excluding hydrogens is 362 g/mol. The number of hydrogen-bond donors (Lipinski definition) is 1. The molecule has 0 saturated heterocycles. The Bertz CT molecular complexity index is 889. The van der Waals surface area contributed by atoms with Gasteiger partial charge in [0.15, 0.2) is 0 Å². The van der Waals surface area contributed by atoms with Crippen molar-refractivity contribution < 1.29 is 22.0 Å². The van der Waals surface area contributed by atoms with Crippen LogP contribution in [0, 0.1) is 11.6 Å². The summed E-state index contributed by atoms with van der Waals surface area (Å²) < 4.78 is 54.2. The smallest absolute Gasteiger partial charge is 0.241 e. The molecule has 0 spiro atoms. The molecule has 0 bridgehead atoms. The minimum absolute atomic E-state index is 0.0129. The molecule has 2 atom stereocenters. The first-order valence-corrected chi connectivity index (χ1v) is 9.41. The fraction of sp³-hybridized carbons (Fsp3) is 0.278. The summed E-state index contributed by atoms with van der Waals surface area (Å²) in [5, 5.41) is 0. The van der Waals surface area contributed by atoms with Crippen LogP contribution in [0.15, 0.2) is 53.4 Å². The highest BCUT2D eigenvalue weighted by Gasteiger charge is 2.28. The van der Waals surface area contributed by atoms with Crippen LogP contribution < -0.4 is 4.72 Å². The number of amides is 1. The Kier molecular flexibility index (Phi) is 6.09. The van der Waals surface area contributed by atoms with Gasteiger partial charge < -0.3 is 4.90 Å². The second kappa shape index (κ2) is 7.92. The Balaban J connectivity index is 2.15. The van der Waals surface area contributed by atoms with Crippen molar-refractivity contribution in [3.05, 3.63) is 65.7 Å². The second-order valence-corrected chi connectivity index (χ2v) is 7.66. The van der Waals surface area contributed by atoms with Gasteiger partial charge >= 0.3 is 0 Å². The summed E-state index contributed by atoms with van der Waals surface area (Å²) in [5.74, 6) is -1.83. The van der Waals surface area contributed by atoms with Crippen molar-refractivity contribution in [3.63, 3.8) is 0 Å². The maximum absolute atomic E-state index is 13.9. The lowest BCUT2D eigenvalue weighted by Gasteiger charge is -2.28. The highest BCUT2D eigenvalue weighted by atomic mass is 32.2. The third-order valence-corrected chi connectivity index (χ3v) is 5.65. The zero-order valence-corrected chi connectivity index (χ0v) is 15.4. The highest BCUT2D eigenvalue weighted by molar-refractivity contribution is 7.89. The van der Waals surface area contributed by atoms with Crippen LogP contribution >= 0.6 is 0 Å². The van der Waals surface area contributed by atoms with Crippen LogP contribution in [0.4, 0.5) is 8.78 Å². The normalized spacial score (nSPS) is 13.9. The summed E-state index contributed by atoms with van der Waals surface area (Å²) in [6, 6.07) is 8.78. The number of benzene rings is 2. The fourth-order valence-corrected chi connectivity index (χ4v) is 3.71. The van der Waals surface area contributed by atoms with Gasteiger partial charge in [0.25, 0.3) is 0 Å². The molecule has 2 aromatic rings. The van der Waals surface area contributed by atoms with E-state index in [9.17, 15) is 22.0 Å². The highest BCUT2D eigenvalue weighted by Crippen LogP contribution is 2.23. The van der Waals surface area contributed by atoms with Crippen molar-refractivity contribution in [2.45, 2.75) is 30.8 Å². The Morgan fingerprint density at radius 2 is 1.69 bits per heavy atom. The number of rotatable bonds is 6. The van der Waals surface area contributed by atoms with Crippen LogP contribution in [-0.2, 0) is 14.8 Å². The van der Waals surface area contributed by atoms with Crippen LogP contribution in [0.3, 0.4) is 0 Å². The van der Waals surface area contributed by atoms with Crippen molar-refractivity contribution in [3.8, 4) is 0 Å². The van der Waals surface area contributed by atoms with Crippen LogP contribution in [-0.4, -0.2) is 32.3 Å². The van der Waals surface area contributed by atoms with E-state index in [0.717, 1.165) is 18.2 Å². The van der Waals surface area contributed by atoms with Gasteiger partial charge in [-0.25, -0.2) is 17.2 Å². The van der Waals surface area contributed by atoms with Crippen molar-refractivity contribution in [2.75, 3.05) is 7.05 Å². The van der Waals surface area contributed by atoms with Gasteiger partial charge in [-0.1, -0.05) is 18.2 Å². The predicted molar refractivity (Wildman–Crippen MR) is 93.8 cm³/mol. The molecule has 2 rings (SSSR count). The number of carbonyl (C=O) groups is 1. The first-order valence-electron chi connectivity index (χ1n) is 7.92. The van der Waals surface area contributed by atoms with Gasteiger partial charge in [-0.05, 0) is 44.2 Å². The molecule has 0 aromatic heterocycles. The minimum atomic E-state index is -3.87. The molecule has 0 heterocycles. The van der Waals surface area contributed by atoms with E-state index >= 15 is 0 Å². The van der Waals surface area contributed by atoms with Gasteiger partial charge in [0.2, 0.25) is 15.9 Å². The lowest BCUT2D eigenvalue weighted by Crippen LogP contribution is -2.46. The molecule has 1 N–H and O–H groups in total. The predicted octanol–water partition coefficient (Wildman–Crippen LogP) is 2.85. The molecule has 1 amide bonds. The Labute approximate surface area is 151 Å². The van der Waals surface area contributed by atoms with E-state index in [1.807, 2.05) is 0 Å². The maximum Gasteiger partial charge on any atom is 0.241 e. The third-order valence-electron chi connectivity index (χ3n) is 4.09. The van der Waals surface area contributed by atoms with E-state index < -0.39 is 39.6 Å². The summed E-state index contributed by atoms with van der Waals surface area (Å²) in [4.78, 5) is 13.8. The minimum Gasteiger partial charge on any atom is -0.338 e. The quantitative estimate of drug-likeness (QED) is 0.835. The molecule has 140 valence electrons. The largest absolute Gasteiger partial charge is 0.338 e. The average Bonchev–Trinajstić information content (AvgIpc) is 2.62. The first-order chi connectivity index (χ1) is 12.1. The molecule has 26 heavy (non-hydrogen) atoms. The molecule has 2 aromatic carbocycles. The number of carbonyl (C=O) groups excluding carboxylic acids is 1. The van der Waals surface area contributed by atoms with Crippen molar-refractivity contribution >= 4 is 15.9 Å². The average molecular weight is 382 g/mol. The Hall–Kier alpha value is -2.32. The third kappa shape index (κ3) is 4.44. The maximum atomic E-state index is 13.9. The monoisotopic (exact) mass is 382 g/mol. The molecule has 0 aliphatic heterocycles.